The van der Waals surface area contributed by atoms with Gasteiger partial charge in [-0.15, -0.1) is 0 Å². The van der Waals surface area contributed by atoms with Gasteiger partial charge < -0.3 is 10.1 Å². The maximum atomic E-state index is 5.48. The number of nitrogens with zero attached hydrogens (tertiary/aromatic N) is 1. The molecule has 94 valence electrons. The maximum absolute atomic E-state index is 5.48. The largest absolute Gasteiger partial charge is 0.383 e. The Bertz CT molecular complexity index is 224. The molecule has 2 saturated heterocycles. The lowest BCUT2D eigenvalue weighted by Crippen LogP contribution is -2.59. The van der Waals surface area contributed by atoms with Crippen molar-refractivity contribution in [2.75, 3.05) is 26.8 Å². The molecule has 0 aromatic carbocycles. The number of hydrogen-bond acceptors (Lipinski definition) is 3. The first-order valence-corrected chi connectivity index (χ1v) is 6.69. The van der Waals surface area contributed by atoms with Gasteiger partial charge in [0.15, 0.2) is 0 Å². The third kappa shape index (κ3) is 2.13. The molecule has 2 atom stereocenters. The average molecular weight is 226 g/mol. The van der Waals surface area contributed by atoms with Crippen molar-refractivity contribution in [1.29, 1.82) is 0 Å². The van der Waals surface area contributed by atoms with Crippen LogP contribution in [0.3, 0.4) is 0 Å². The van der Waals surface area contributed by atoms with Crippen LogP contribution in [0.5, 0.6) is 0 Å². The highest BCUT2D eigenvalue weighted by Crippen LogP contribution is 2.34. The lowest BCUT2D eigenvalue weighted by Gasteiger charge is -2.42. The molecule has 16 heavy (non-hydrogen) atoms. The van der Waals surface area contributed by atoms with Crippen molar-refractivity contribution in [2.24, 2.45) is 0 Å². The van der Waals surface area contributed by atoms with Crippen LogP contribution in [0.15, 0.2) is 0 Å². The van der Waals surface area contributed by atoms with Crippen LogP contribution in [0, 0.1) is 0 Å². The lowest BCUT2D eigenvalue weighted by atomic mass is 9.87. The van der Waals surface area contributed by atoms with E-state index < -0.39 is 0 Å². The van der Waals surface area contributed by atoms with Crippen molar-refractivity contribution in [3.8, 4) is 0 Å². The topological polar surface area (TPSA) is 24.5 Å². The summed E-state index contributed by atoms with van der Waals surface area (Å²) >= 11 is 0. The van der Waals surface area contributed by atoms with E-state index in [1.807, 2.05) is 7.11 Å². The second kappa shape index (κ2) is 5.03. The molecule has 3 heteroatoms. The lowest BCUT2D eigenvalue weighted by molar-refractivity contribution is 0.0461. The summed E-state index contributed by atoms with van der Waals surface area (Å²) in [7, 11) is 1.83. The van der Waals surface area contributed by atoms with E-state index in [9.17, 15) is 0 Å². The Morgan fingerprint density at radius 2 is 2.25 bits per heavy atom. The van der Waals surface area contributed by atoms with Gasteiger partial charge in [-0.3, -0.25) is 4.90 Å². The Kier molecular flexibility index (Phi) is 3.88. The van der Waals surface area contributed by atoms with Crippen LogP contribution in [0.4, 0.5) is 0 Å². The van der Waals surface area contributed by atoms with Crippen LogP contribution in [-0.2, 0) is 4.74 Å². The van der Waals surface area contributed by atoms with Gasteiger partial charge in [0.05, 0.1) is 12.1 Å². The molecule has 0 spiro atoms. The number of methoxy groups -OCH3 is 1. The van der Waals surface area contributed by atoms with Crippen molar-refractivity contribution in [3.63, 3.8) is 0 Å². The zero-order valence-electron chi connectivity index (χ0n) is 11.0. The molecular formula is C13H26N2O. The van der Waals surface area contributed by atoms with Crippen molar-refractivity contribution < 1.29 is 4.74 Å². The molecule has 0 aliphatic carbocycles. The number of rotatable bonds is 4. The van der Waals surface area contributed by atoms with E-state index in [0.29, 0.717) is 12.1 Å². The fourth-order valence-corrected chi connectivity index (χ4v) is 3.59. The van der Waals surface area contributed by atoms with E-state index in [2.05, 4.69) is 24.1 Å². The Morgan fingerprint density at radius 3 is 2.81 bits per heavy atom. The zero-order chi connectivity index (χ0) is 11.6. The zero-order valence-corrected chi connectivity index (χ0v) is 11.0. The predicted molar refractivity (Wildman–Crippen MR) is 66.7 cm³/mol. The van der Waals surface area contributed by atoms with Gasteiger partial charge >= 0.3 is 0 Å². The van der Waals surface area contributed by atoms with Gasteiger partial charge in [0.2, 0.25) is 0 Å². The minimum absolute atomic E-state index is 0.232. The van der Waals surface area contributed by atoms with E-state index in [1.54, 1.807) is 0 Å². The van der Waals surface area contributed by atoms with Crippen molar-refractivity contribution in [2.45, 2.75) is 57.2 Å². The Labute approximate surface area is 99.5 Å². The average Bonchev–Trinajstić information content (AvgIpc) is 2.85. The number of nitrogens with one attached hydrogen (secondary N) is 1. The molecule has 0 saturated carbocycles. The normalized spacial score (nSPS) is 36.4. The molecule has 0 radical (unpaired) electrons. The molecular weight excluding hydrogens is 200 g/mol. The van der Waals surface area contributed by atoms with E-state index in [4.69, 9.17) is 4.74 Å². The highest BCUT2D eigenvalue weighted by atomic mass is 16.5. The summed E-state index contributed by atoms with van der Waals surface area (Å²) in [5.41, 5.74) is 0.232. The monoisotopic (exact) mass is 226 g/mol. The first-order chi connectivity index (χ1) is 7.69. The van der Waals surface area contributed by atoms with Gasteiger partial charge in [-0.1, -0.05) is 0 Å². The van der Waals surface area contributed by atoms with Crippen molar-refractivity contribution in [3.05, 3.63) is 0 Å². The summed E-state index contributed by atoms with van der Waals surface area (Å²) in [6, 6.07) is 1.33. The standard InChI is InChI=1S/C13H26N2O/c1-11(2)15-9-4-6-12(15)13(10-16-3)7-5-8-14-13/h11-12,14H,4-10H2,1-3H3. The number of hydrogen-bond donors (Lipinski definition) is 1. The molecule has 2 aliphatic heterocycles. The number of ether oxygens (including phenoxy) is 1. The summed E-state index contributed by atoms with van der Waals surface area (Å²) in [6.07, 6.45) is 5.24. The Balaban J connectivity index is 2.12. The molecule has 2 rings (SSSR count). The van der Waals surface area contributed by atoms with Crippen LogP contribution in [0.2, 0.25) is 0 Å². The van der Waals surface area contributed by atoms with Gasteiger partial charge in [-0.05, 0) is 52.6 Å². The fourth-order valence-electron chi connectivity index (χ4n) is 3.59. The summed E-state index contributed by atoms with van der Waals surface area (Å²) in [5, 5.41) is 3.73. The SMILES string of the molecule is COCC1(C2CCCN2C(C)C)CCCN1. The van der Waals surface area contributed by atoms with Gasteiger partial charge in [0, 0.05) is 19.2 Å². The third-order valence-electron chi connectivity index (χ3n) is 4.27. The van der Waals surface area contributed by atoms with Crippen LogP contribution < -0.4 is 5.32 Å². The highest BCUT2D eigenvalue weighted by molar-refractivity contribution is 5.05. The molecule has 0 aromatic rings. The molecule has 2 aliphatic rings. The fraction of sp³-hybridized carbons (Fsp3) is 1.00. The van der Waals surface area contributed by atoms with Crippen LogP contribution in [0.25, 0.3) is 0 Å². The maximum Gasteiger partial charge on any atom is 0.0659 e. The molecule has 1 N–H and O–H groups in total. The molecule has 2 heterocycles. The molecule has 0 aromatic heterocycles. The Morgan fingerprint density at radius 1 is 1.44 bits per heavy atom. The van der Waals surface area contributed by atoms with E-state index >= 15 is 0 Å². The summed E-state index contributed by atoms with van der Waals surface area (Å²) in [6.45, 7) is 7.91. The summed E-state index contributed by atoms with van der Waals surface area (Å²) in [5.74, 6) is 0. The summed E-state index contributed by atoms with van der Waals surface area (Å²) in [4.78, 5) is 2.66. The summed E-state index contributed by atoms with van der Waals surface area (Å²) < 4.78 is 5.48. The molecule has 2 unspecified atom stereocenters. The van der Waals surface area contributed by atoms with E-state index in [-0.39, 0.29) is 5.54 Å². The van der Waals surface area contributed by atoms with Crippen LogP contribution in [-0.4, -0.2) is 49.3 Å². The Hall–Kier alpha value is -0.120. The predicted octanol–water partition coefficient (Wildman–Crippen LogP) is 1.63. The molecule has 0 bridgehead atoms. The minimum Gasteiger partial charge on any atom is -0.383 e. The van der Waals surface area contributed by atoms with Crippen LogP contribution >= 0.6 is 0 Å². The van der Waals surface area contributed by atoms with E-state index in [0.717, 1.165) is 13.2 Å². The van der Waals surface area contributed by atoms with Crippen LogP contribution in [0.1, 0.15) is 39.5 Å². The van der Waals surface area contributed by atoms with Crippen molar-refractivity contribution >= 4 is 0 Å². The highest BCUT2D eigenvalue weighted by Gasteiger charge is 2.46. The quantitative estimate of drug-likeness (QED) is 0.788. The second-order valence-electron chi connectivity index (χ2n) is 5.61. The van der Waals surface area contributed by atoms with Gasteiger partial charge in [-0.2, -0.15) is 0 Å². The molecule has 2 fully saturated rings. The minimum atomic E-state index is 0.232. The smallest absolute Gasteiger partial charge is 0.0659 e. The second-order valence-corrected chi connectivity index (χ2v) is 5.61. The van der Waals surface area contributed by atoms with E-state index in [1.165, 1.54) is 32.2 Å². The van der Waals surface area contributed by atoms with Gasteiger partial charge in [0.25, 0.3) is 0 Å². The number of likely N-dealkylation sites (tertiary alicyclic amines) is 1. The van der Waals surface area contributed by atoms with Gasteiger partial charge in [-0.25, -0.2) is 0 Å². The van der Waals surface area contributed by atoms with Gasteiger partial charge in [0.1, 0.15) is 0 Å². The molecule has 0 amide bonds. The van der Waals surface area contributed by atoms with Crippen molar-refractivity contribution in [1.82, 2.24) is 10.2 Å². The first-order valence-electron chi connectivity index (χ1n) is 6.69. The third-order valence-corrected chi connectivity index (χ3v) is 4.27. The first kappa shape index (κ1) is 12.3. The molecule has 3 nitrogen and oxygen atoms in total.